The van der Waals surface area contributed by atoms with Crippen LogP contribution >= 0.6 is 0 Å². The van der Waals surface area contributed by atoms with E-state index < -0.39 is 0 Å². The Balaban J connectivity index is 3.47. The Morgan fingerprint density at radius 1 is 1.71 bits per heavy atom. The molecule has 1 atom stereocenters. The maximum absolute atomic E-state index is 11.4. The van der Waals surface area contributed by atoms with E-state index in [4.69, 9.17) is 10.5 Å². The number of amides is 1. The third kappa shape index (κ3) is 5.59. The highest BCUT2D eigenvalue weighted by Crippen LogP contribution is 1.99. The molecule has 0 aromatic rings. The van der Waals surface area contributed by atoms with E-state index in [1.807, 2.05) is 6.92 Å². The van der Waals surface area contributed by atoms with Gasteiger partial charge in [0.2, 0.25) is 5.91 Å². The number of ether oxygens (including phenoxy) is 1. The molecule has 0 radical (unpaired) electrons. The Morgan fingerprint density at radius 2 is 2.43 bits per heavy atom. The van der Waals surface area contributed by atoms with Gasteiger partial charge in [-0.15, -0.1) is 0 Å². The maximum Gasteiger partial charge on any atom is 0.224 e. The molecule has 0 heterocycles. The molecule has 82 valence electrons. The topological polar surface area (TPSA) is 64.3 Å². The average molecular weight is 200 g/mol. The summed E-state index contributed by atoms with van der Waals surface area (Å²) in [5, 5.41) is 2.81. The lowest BCUT2D eigenvalue weighted by molar-refractivity contribution is -0.124. The molecular formula is C10H20N2O2. The van der Waals surface area contributed by atoms with Crippen LogP contribution in [-0.4, -0.2) is 25.6 Å². The monoisotopic (exact) mass is 200 g/mol. The summed E-state index contributed by atoms with van der Waals surface area (Å²) in [5.41, 5.74) is 5.44. The van der Waals surface area contributed by atoms with Gasteiger partial charge in [-0.25, -0.2) is 0 Å². The fraction of sp³-hybridized carbons (Fsp3) is 0.700. The summed E-state index contributed by atoms with van der Waals surface area (Å²) in [4.78, 5) is 11.4. The van der Waals surface area contributed by atoms with Crippen LogP contribution in [0, 0.1) is 5.92 Å². The molecule has 4 heteroatoms. The second-order valence-corrected chi connectivity index (χ2v) is 3.02. The van der Waals surface area contributed by atoms with Crippen molar-refractivity contribution in [2.24, 2.45) is 11.7 Å². The molecule has 0 spiro atoms. The van der Waals surface area contributed by atoms with Crippen LogP contribution in [0.25, 0.3) is 0 Å². The van der Waals surface area contributed by atoms with Gasteiger partial charge in [0.05, 0.1) is 12.9 Å². The van der Waals surface area contributed by atoms with Crippen molar-refractivity contribution >= 4 is 5.91 Å². The number of rotatable bonds is 8. The van der Waals surface area contributed by atoms with Crippen LogP contribution < -0.4 is 11.1 Å². The summed E-state index contributed by atoms with van der Waals surface area (Å²) in [6.07, 6.45) is 2.97. The average Bonchev–Trinajstić information content (AvgIpc) is 2.19. The molecule has 0 aromatic carbocycles. The number of nitrogens with one attached hydrogen (secondary N) is 1. The molecule has 0 rings (SSSR count). The number of nitrogens with two attached hydrogens (primary N) is 1. The van der Waals surface area contributed by atoms with Crippen molar-refractivity contribution < 1.29 is 9.53 Å². The lowest BCUT2D eigenvalue weighted by Gasteiger charge is -2.12. The molecule has 0 aromatic heterocycles. The van der Waals surface area contributed by atoms with E-state index in [-0.39, 0.29) is 11.8 Å². The van der Waals surface area contributed by atoms with Gasteiger partial charge < -0.3 is 15.8 Å². The van der Waals surface area contributed by atoms with E-state index in [1.165, 1.54) is 6.26 Å². The Bertz CT molecular complexity index is 168. The van der Waals surface area contributed by atoms with Crippen molar-refractivity contribution in [3.05, 3.63) is 12.8 Å². The van der Waals surface area contributed by atoms with Crippen molar-refractivity contribution in [1.29, 1.82) is 0 Å². The zero-order valence-electron chi connectivity index (χ0n) is 8.79. The van der Waals surface area contributed by atoms with E-state index in [9.17, 15) is 4.79 Å². The molecular weight excluding hydrogens is 180 g/mol. The molecule has 0 bridgehead atoms. The van der Waals surface area contributed by atoms with E-state index in [0.717, 1.165) is 12.8 Å². The summed E-state index contributed by atoms with van der Waals surface area (Å²) in [6, 6.07) is 0. The summed E-state index contributed by atoms with van der Waals surface area (Å²) in [6.45, 7) is 7.00. The van der Waals surface area contributed by atoms with Crippen LogP contribution in [-0.2, 0) is 9.53 Å². The molecule has 14 heavy (non-hydrogen) atoms. The minimum Gasteiger partial charge on any atom is -0.502 e. The quantitative estimate of drug-likeness (QED) is 0.446. The van der Waals surface area contributed by atoms with Crippen LogP contribution in [0.1, 0.15) is 19.8 Å². The minimum atomic E-state index is -0.0599. The van der Waals surface area contributed by atoms with Gasteiger partial charge in [-0.1, -0.05) is 13.5 Å². The van der Waals surface area contributed by atoms with E-state index in [1.54, 1.807) is 0 Å². The number of carbonyl (C=O) groups is 1. The second kappa shape index (κ2) is 8.56. The lowest BCUT2D eigenvalue weighted by Crippen LogP contribution is -2.35. The Morgan fingerprint density at radius 3 is 2.93 bits per heavy atom. The normalized spacial score (nSPS) is 11.9. The van der Waals surface area contributed by atoms with Gasteiger partial charge in [0.15, 0.2) is 0 Å². The van der Waals surface area contributed by atoms with Gasteiger partial charge in [-0.05, 0) is 12.8 Å². The van der Waals surface area contributed by atoms with Gasteiger partial charge in [-0.3, -0.25) is 4.79 Å². The standard InChI is InChI=1S/C10H20N2O2/c1-3-9(8-11)10(13)12-6-5-7-14-4-2/h4,9H,2-3,5-8,11H2,1H3,(H,12,13). The molecule has 0 aliphatic heterocycles. The van der Waals surface area contributed by atoms with Crippen molar-refractivity contribution in [3.8, 4) is 0 Å². The summed E-state index contributed by atoms with van der Waals surface area (Å²) >= 11 is 0. The first-order valence-corrected chi connectivity index (χ1v) is 4.96. The highest BCUT2D eigenvalue weighted by Gasteiger charge is 2.12. The summed E-state index contributed by atoms with van der Waals surface area (Å²) in [5.74, 6) is -0.0241. The first-order chi connectivity index (χ1) is 6.76. The Labute approximate surface area is 85.5 Å². The van der Waals surface area contributed by atoms with Crippen molar-refractivity contribution in [3.63, 3.8) is 0 Å². The van der Waals surface area contributed by atoms with E-state index >= 15 is 0 Å². The van der Waals surface area contributed by atoms with Crippen LogP contribution in [0.5, 0.6) is 0 Å². The maximum atomic E-state index is 11.4. The van der Waals surface area contributed by atoms with Crippen LogP contribution in [0.3, 0.4) is 0 Å². The SMILES string of the molecule is C=COCCCNC(=O)C(CC)CN. The molecule has 0 fully saturated rings. The van der Waals surface area contributed by atoms with E-state index in [2.05, 4.69) is 11.9 Å². The molecule has 1 unspecified atom stereocenters. The molecule has 0 saturated carbocycles. The summed E-state index contributed by atoms with van der Waals surface area (Å²) < 4.78 is 4.92. The summed E-state index contributed by atoms with van der Waals surface area (Å²) in [7, 11) is 0. The van der Waals surface area contributed by atoms with Gasteiger partial charge >= 0.3 is 0 Å². The van der Waals surface area contributed by atoms with Crippen molar-refractivity contribution in [2.75, 3.05) is 19.7 Å². The predicted molar refractivity (Wildman–Crippen MR) is 56.6 cm³/mol. The zero-order valence-corrected chi connectivity index (χ0v) is 8.79. The highest BCUT2D eigenvalue weighted by atomic mass is 16.5. The fourth-order valence-corrected chi connectivity index (χ4v) is 1.05. The molecule has 1 amide bonds. The lowest BCUT2D eigenvalue weighted by atomic mass is 10.1. The number of hydrogen-bond acceptors (Lipinski definition) is 3. The highest BCUT2D eigenvalue weighted by molar-refractivity contribution is 5.78. The third-order valence-corrected chi connectivity index (χ3v) is 2.00. The zero-order chi connectivity index (χ0) is 10.8. The first-order valence-electron chi connectivity index (χ1n) is 4.96. The van der Waals surface area contributed by atoms with Crippen molar-refractivity contribution in [1.82, 2.24) is 5.32 Å². The number of hydrogen-bond donors (Lipinski definition) is 2. The fourth-order valence-electron chi connectivity index (χ4n) is 1.05. The molecule has 0 saturated heterocycles. The van der Waals surface area contributed by atoms with Crippen LogP contribution in [0.4, 0.5) is 0 Å². The molecule has 0 aliphatic rings. The Hall–Kier alpha value is -1.03. The van der Waals surface area contributed by atoms with Crippen molar-refractivity contribution in [2.45, 2.75) is 19.8 Å². The van der Waals surface area contributed by atoms with Crippen LogP contribution in [0.15, 0.2) is 12.8 Å². The van der Waals surface area contributed by atoms with Gasteiger partial charge in [0.1, 0.15) is 0 Å². The first kappa shape index (κ1) is 13.0. The number of carbonyl (C=O) groups excluding carboxylic acids is 1. The van der Waals surface area contributed by atoms with Crippen LogP contribution in [0.2, 0.25) is 0 Å². The molecule has 3 N–H and O–H groups in total. The predicted octanol–water partition coefficient (Wildman–Crippen LogP) is 0.638. The molecule has 4 nitrogen and oxygen atoms in total. The van der Waals surface area contributed by atoms with Gasteiger partial charge in [-0.2, -0.15) is 0 Å². The van der Waals surface area contributed by atoms with Gasteiger partial charge in [0.25, 0.3) is 0 Å². The Kier molecular flexibility index (Phi) is 7.93. The smallest absolute Gasteiger partial charge is 0.224 e. The minimum absolute atomic E-state index is 0.0357. The largest absolute Gasteiger partial charge is 0.502 e. The second-order valence-electron chi connectivity index (χ2n) is 3.02. The van der Waals surface area contributed by atoms with E-state index in [0.29, 0.717) is 19.7 Å². The van der Waals surface area contributed by atoms with Gasteiger partial charge in [0, 0.05) is 19.0 Å². The molecule has 0 aliphatic carbocycles. The third-order valence-electron chi connectivity index (χ3n) is 2.00.